The van der Waals surface area contributed by atoms with Crippen LogP contribution < -0.4 is 4.74 Å². The van der Waals surface area contributed by atoms with Gasteiger partial charge in [-0.1, -0.05) is 11.6 Å². The van der Waals surface area contributed by atoms with E-state index in [4.69, 9.17) is 16.3 Å². The third-order valence-corrected chi connectivity index (χ3v) is 3.22. The number of benzene rings is 1. The Morgan fingerprint density at radius 1 is 1.53 bits per heavy atom. The van der Waals surface area contributed by atoms with Crippen LogP contribution in [0.3, 0.4) is 0 Å². The Bertz CT molecular complexity index is 414. The van der Waals surface area contributed by atoms with Gasteiger partial charge in [0.15, 0.2) is 11.6 Å². The molecule has 0 aliphatic heterocycles. The molecule has 1 aliphatic rings. The maximum Gasteiger partial charge on any atom is 0.166 e. The predicted molar refractivity (Wildman–Crippen MR) is 55.8 cm³/mol. The second-order valence-corrected chi connectivity index (χ2v) is 4.31. The van der Waals surface area contributed by atoms with Crippen LogP contribution in [0.2, 0.25) is 5.02 Å². The molecule has 1 fully saturated rings. The molecule has 0 atom stereocenters. The van der Waals surface area contributed by atoms with Crippen LogP contribution in [-0.4, -0.2) is 12.2 Å². The Balaban J connectivity index is 2.68. The first-order valence-electron chi connectivity index (χ1n) is 4.75. The van der Waals surface area contributed by atoms with Gasteiger partial charge in [0.05, 0.1) is 12.7 Å². The number of methoxy groups -OCH3 is 1. The van der Waals surface area contributed by atoms with E-state index in [0.29, 0.717) is 29.0 Å². The molecule has 0 heterocycles. The average molecular weight is 231 g/mol. The fourth-order valence-corrected chi connectivity index (χ4v) is 2.01. The van der Waals surface area contributed by atoms with Crippen LogP contribution in [0.15, 0.2) is 6.07 Å². The minimum atomic E-state index is -0.943. The van der Waals surface area contributed by atoms with Crippen LogP contribution in [-0.2, 0) is 5.60 Å². The Labute approximate surface area is 92.6 Å². The molecule has 0 bridgehead atoms. The summed E-state index contributed by atoms with van der Waals surface area (Å²) in [5.74, 6) is -0.416. The van der Waals surface area contributed by atoms with Crippen molar-refractivity contribution >= 4 is 11.6 Å². The number of hydrogen-bond acceptors (Lipinski definition) is 2. The van der Waals surface area contributed by atoms with Gasteiger partial charge in [0.2, 0.25) is 0 Å². The highest BCUT2D eigenvalue weighted by Crippen LogP contribution is 2.51. The molecule has 0 unspecified atom stereocenters. The Morgan fingerprint density at radius 2 is 2.13 bits per heavy atom. The number of ether oxygens (including phenoxy) is 1. The summed E-state index contributed by atoms with van der Waals surface area (Å²) in [4.78, 5) is 0. The largest absolute Gasteiger partial charge is 0.493 e. The van der Waals surface area contributed by atoms with E-state index in [9.17, 15) is 9.50 Å². The van der Waals surface area contributed by atoms with Crippen LogP contribution in [0.5, 0.6) is 5.75 Å². The standard InChI is InChI=1S/C11H12ClFO2/c1-6-7(12)5-8(13)10(15-2)9(6)11(14)3-4-11/h5,14H,3-4H2,1-2H3. The first-order chi connectivity index (χ1) is 6.99. The van der Waals surface area contributed by atoms with Crippen LogP contribution in [0.4, 0.5) is 4.39 Å². The van der Waals surface area contributed by atoms with Gasteiger partial charge in [-0.2, -0.15) is 0 Å². The normalized spacial score (nSPS) is 17.7. The van der Waals surface area contributed by atoms with Gasteiger partial charge < -0.3 is 9.84 Å². The molecule has 0 saturated heterocycles. The molecular formula is C11H12ClFO2. The summed E-state index contributed by atoms with van der Waals surface area (Å²) in [6.45, 7) is 1.76. The summed E-state index contributed by atoms with van der Waals surface area (Å²) in [5, 5.41) is 10.4. The lowest BCUT2D eigenvalue weighted by Gasteiger charge is -2.18. The molecule has 1 saturated carbocycles. The van der Waals surface area contributed by atoms with E-state index in [-0.39, 0.29) is 5.75 Å². The summed E-state index contributed by atoms with van der Waals surface area (Å²) in [5.41, 5.74) is 0.242. The second-order valence-electron chi connectivity index (χ2n) is 3.91. The maximum atomic E-state index is 13.5. The van der Waals surface area contributed by atoms with E-state index in [1.54, 1.807) is 6.92 Å². The topological polar surface area (TPSA) is 29.5 Å². The molecule has 1 aliphatic carbocycles. The lowest BCUT2D eigenvalue weighted by atomic mass is 10.00. The van der Waals surface area contributed by atoms with Gasteiger partial charge in [0.25, 0.3) is 0 Å². The zero-order valence-corrected chi connectivity index (χ0v) is 9.36. The lowest BCUT2D eigenvalue weighted by molar-refractivity contribution is 0.145. The van der Waals surface area contributed by atoms with Crippen molar-refractivity contribution in [2.45, 2.75) is 25.4 Å². The Morgan fingerprint density at radius 3 is 2.60 bits per heavy atom. The number of aliphatic hydroxyl groups is 1. The van der Waals surface area contributed by atoms with Crippen LogP contribution in [0, 0.1) is 12.7 Å². The lowest BCUT2D eigenvalue weighted by Crippen LogP contribution is -2.11. The minimum Gasteiger partial charge on any atom is -0.493 e. The molecule has 1 aromatic carbocycles. The zero-order chi connectivity index (χ0) is 11.2. The van der Waals surface area contributed by atoms with Crippen LogP contribution >= 0.6 is 11.6 Å². The van der Waals surface area contributed by atoms with E-state index >= 15 is 0 Å². The quantitative estimate of drug-likeness (QED) is 0.847. The van der Waals surface area contributed by atoms with Crippen molar-refractivity contribution in [1.29, 1.82) is 0 Å². The average Bonchev–Trinajstić information content (AvgIpc) is 2.90. The molecule has 1 N–H and O–H groups in total. The molecule has 15 heavy (non-hydrogen) atoms. The molecule has 0 spiro atoms. The van der Waals surface area contributed by atoms with E-state index in [2.05, 4.69) is 0 Å². The van der Waals surface area contributed by atoms with E-state index in [1.165, 1.54) is 13.2 Å². The van der Waals surface area contributed by atoms with Gasteiger partial charge in [-0.25, -0.2) is 4.39 Å². The van der Waals surface area contributed by atoms with Crippen molar-refractivity contribution in [3.63, 3.8) is 0 Å². The molecule has 2 rings (SSSR count). The van der Waals surface area contributed by atoms with Gasteiger partial charge in [-0.3, -0.25) is 0 Å². The molecular weight excluding hydrogens is 219 g/mol. The van der Waals surface area contributed by atoms with Crippen molar-refractivity contribution in [2.24, 2.45) is 0 Å². The molecule has 0 aromatic heterocycles. The first-order valence-corrected chi connectivity index (χ1v) is 5.13. The molecule has 1 aromatic rings. The maximum absolute atomic E-state index is 13.5. The van der Waals surface area contributed by atoms with Crippen molar-refractivity contribution in [3.8, 4) is 5.75 Å². The monoisotopic (exact) mass is 230 g/mol. The highest BCUT2D eigenvalue weighted by molar-refractivity contribution is 6.31. The molecule has 82 valence electrons. The number of rotatable bonds is 2. The van der Waals surface area contributed by atoms with Gasteiger partial charge >= 0.3 is 0 Å². The zero-order valence-electron chi connectivity index (χ0n) is 8.60. The van der Waals surface area contributed by atoms with E-state index in [0.717, 1.165) is 0 Å². The summed E-state index contributed by atoms with van der Waals surface area (Å²) in [6.07, 6.45) is 1.26. The Kier molecular flexibility index (Phi) is 2.40. The minimum absolute atomic E-state index is 0.108. The molecule has 0 radical (unpaired) electrons. The van der Waals surface area contributed by atoms with Crippen LogP contribution in [0.1, 0.15) is 24.0 Å². The number of halogens is 2. The van der Waals surface area contributed by atoms with Gasteiger partial charge in [0.1, 0.15) is 0 Å². The van der Waals surface area contributed by atoms with Gasteiger partial charge in [-0.05, 0) is 31.4 Å². The SMILES string of the molecule is COc1c(F)cc(Cl)c(C)c1C1(O)CC1. The molecule has 0 amide bonds. The van der Waals surface area contributed by atoms with E-state index in [1.807, 2.05) is 0 Å². The highest BCUT2D eigenvalue weighted by Gasteiger charge is 2.46. The summed E-state index contributed by atoms with van der Waals surface area (Å²) in [6, 6.07) is 1.21. The predicted octanol–water partition coefficient (Wildman–Crippen LogP) is 2.78. The van der Waals surface area contributed by atoms with Crippen LogP contribution in [0.25, 0.3) is 0 Å². The fraction of sp³-hybridized carbons (Fsp3) is 0.455. The van der Waals surface area contributed by atoms with Gasteiger partial charge in [0, 0.05) is 10.6 Å². The highest BCUT2D eigenvalue weighted by atomic mass is 35.5. The Hall–Kier alpha value is -0.800. The van der Waals surface area contributed by atoms with Crippen molar-refractivity contribution in [3.05, 3.63) is 28.0 Å². The fourth-order valence-electron chi connectivity index (χ4n) is 1.82. The summed E-state index contributed by atoms with van der Waals surface area (Å²) in [7, 11) is 1.39. The second kappa shape index (κ2) is 3.35. The van der Waals surface area contributed by atoms with Crippen molar-refractivity contribution in [1.82, 2.24) is 0 Å². The summed E-state index contributed by atoms with van der Waals surface area (Å²) < 4.78 is 18.5. The third kappa shape index (κ3) is 1.60. The van der Waals surface area contributed by atoms with Gasteiger partial charge in [-0.15, -0.1) is 0 Å². The summed E-state index contributed by atoms with van der Waals surface area (Å²) >= 11 is 5.88. The smallest absolute Gasteiger partial charge is 0.166 e. The molecule has 2 nitrogen and oxygen atoms in total. The third-order valence-electron chi connectivity index (χ3n) is 2.82. The number of hydrogen-bond donors (Lipinski definition) is 1. The van der Waals surface area contributed by atoms with Crippen molar-refractivity contribution < 1.29 is 14.2 Å². The van der Waals surface area contributed by atoms with E-state index < -0.39 is 11.4 Å². The first kappa shape index (κ1) is 10.7. The molecule has 4 heteroatoms. The van der Waals surface area contributed by atoms with Crippen molar-refractivity contribution in [2.75, 3.05) is 7.11 Å².